The highest BCUT2D eigenvalue weighted by Crippen LogP contribution is 2.27. The van der Waals surface area contributed by atoms with Gasteiger partial charge in [-0.05, 0) is 67.1 Å². The van der Waals surface area contributed by atoms with Crippen molar-refractivity contribution < 1.29 is 19.1 Å². The van der Waals surface area contributed by atoms with Crippen molar-refractivity contribution in [3.63, 3.8) is 0 Å². The molecule has 0 radical (unpaired) electrons. The molecule has 0 saturated carbocycles. The van der Waals surface area contributed by atoms with E-state index in [1.54, 1.807) is 16.7 Å². The van der Waals surface area contributed by atoms with Crippen LogP contribution in [0.1, 0.15) is 35.6 Å². The molecule has 9 nitrogen and oxygen atoms in total. The Kier molecular flexibility index (Phi) is 8.71. The van der Waals surface area contributed by atoms with Gasteiger partial charge in [0, 0.05) is 19.7 Å². The van der Waals surface area contributed by atoms with Crippen molar-refractivity contribution in [2.24, 2.45) is 0 Å². The molecule has 0 aliphatic carbocycles. The quantitative estimate of drug-likeness (QED) is 0.310. The van der Waals surface area contributed by atoms with Crippen LogP contribution < -0.4 is 10.1 Å². The highest BCUT2D eigenvalue weighted by Gasteiger charge is 2.33. The summed E-state index contributed by atoms with van der Waals surface area (Å²) in [6.07, 6.45) is 2.45. The molecular formula is C31H35N5O4. The Hall–Kier alpha value is -4.24. The van der Waals surface area contributed by atoms with Crippen molar-refractivity contribution in [3.8, 4) is 5.75 Å². The van der Waals surface area contributed by atoms with Gasteiger partial charge < -0.3 is 19.7 Å². The van der Waals surface area contributed by atoms with Gasteiger partial charge in [-0.25, -0.2) is 4.68 Å². The topological polar surface area (TPSA) is 98.6 Å². The summed E-state index contributed by atoms with van der Waals surface area (Å²) in [6.45, 7) is 3.44. The van der Waals surface area contributed by atoms with E-state index >= 15 is 0 Å². The third-order valence-corrected chi connectivity index (χ3v) is 7.41. The van der Waals surface area contributed by atoms with E-state index in [2.05, 4.69) is 34.7 Å². The van der Waals surface area contributed by atoms with Crippen LogP contribution in [0, 0.1) is 6.92 Å². The second-order valence-corrected chi connectivity index (χ2v) is 10.1. The average Bonchev–Trinajstić information content (AvgIpc) is 3.65. The number of fused-ring (bicyclic) bond motifs is 1. The lowest BCUT2D eigenvalue weighted by molar-refractivity contribution is -0.141. The monoisotopic (exact) mass is 541 g/mol. The number of ether oxygens (including phenoxy) is 2. The first kappa shape index (κ1) is 27.3. The molecule has 0 spiro atoms. The largest absolute Gasteiger partial charge is 0.497 e. The summed E-state index contributed by atoms with van der Waals surface area (Å²) in [5.74, 6) is 0.123. The number of aromatic nitrogens is 3. The zero-order valence-electron chi connectivity index (χ0n) is 23.0. The molecule has 208 valence electrons. The maximum Gasteiger partial charge on any atom is 0.247 e. The van der Waals surface area contributed by atoms with E-state index in [1.807, 2.05) is 60.7 Å². The normalized spacial score (nSPS) is 15.6. The van der Waals surface area contributed by atoms with Crippen LogP contribution in [0.25, 0.3) is 11.0 Å². The van der Waals surface area contributed by atoms with Gasteiger partial charge in [-0.1, -0.05) is 53.7 Å². The van der Waals surface area contributed by atoms with Gasteiger partial charge in [-0.2, -0.15) is 0 Å². The molecule has 9 heteroatoms. The van der Waals surface area contributed by atoms with Gasteiger partial charge in [0.15, 0.2) is 0 Å². The Bertz CT molecular complexity index is 1460. The first-order valence-electron chi connectivity index (χ1n) is 13.7. The number of carbonyl (C=O) groups excluding carboxylic acids is 2. The van der Waals surface area contributed by atoms with Gasteiger partial charge >= 0.3 is 0 Å². The number of nitrogens with zero attached hydrogens (tertiary/aromatic N) is 4. The van der Waals surface area contributed by atoms with Crippen LogP contribution >= 0.6 is 0 Å². The van der Waals surface area contributed by atoms with Gasteiger partial charge in [-0.15, -0.1) is 5.10 Å². The number of para-hydroxylation sites is 1. The molecule has 1 aliphatic rings. The van der Waals surface area contributed by atoms with Crippen LogP contribution in [0.2, 0.25) is 0 Å². The summed E-state index contributed by atoms with van der Waals surface area (Å²) in [7, 11) is 1.59. The van der Waals surface area contributed by atoms with Gasteiger partial charge in [0.1, 0.15) is 23.9 Å². The predicted octanol–water partition coefficient (Wildman–Crippen LogP) is 3.86. The molecule has 2 amide bonds. The smallest absolute Gasteiger partial charge is 0.247 e. The van der Waals surface area contributed by atoms with E-state index < -0.39 is 6.04 Å². The van der Waals surface area contributed by atoms with Gasteiger partial charge in [0.25, 0.3) is 0 Å². The molecule has 2 heterocycles. The van der Waals surface area contributed by atoms with E-state index in [1.165, 1.54) is 0 Å². The van der Waals surface area contributed by atoms with Crippen LogP contribution in [0.4, 0.5) is 0 Å². The lowest BCUT2D eigenvalue weighted by Gasteiger charge is -2.32. The third-order valence-electron chi connectivity index (χ3n) is 7.41. The van der Waals surface area contributed by atoms with Crippen molar-refractivity contribution in [2.75, 3.05) is 26.8 Å². The molecule has 4 aromatic rings. The Morgan fingerprint density at radius 2 is 1.95 bits per heavy atom. The lowest BCUT2D eigenvalue weighted by Crippen LogP contribution is -2.47. The van der Waals surface area contributed by atoms with E-state index in [-0.39, 0.29) is 24.5 Å². The fourth-order valence-electron chi connectivity index (χ4n) is 5.18. The van der Waals surface area contributed by atoms with Gasteiger partial charge in [0.2, 0.25) is 11.8 Å². The summed E-state index contributed by atoms with van der Waals surface area (Å²) in [4.78, 5) is 29.7. The molecule has 0 bridgehead atoms. The molecular weight excluding hydrogens is 506 g/mol. The van der Waals surface area contributed by atoms with E-state index in [0.29, 0.717) is 42.9 Å². The number of benzene rings is 3. The molecule has 3 aromatic carbocycles. The van der Waals surface area contributed by atoms with Crippen molar-refractivity contribution >= 4 is 22.8 Å². The molecule has 1 aromatic heterocycles. The van der Waals surface area contributed by atoms with E-state index in [9.17, 15) is 9.59 Å². The molecule has 1 N–H and O–H groups in total. The summed E-state index contributed by atoms with van der Waals surface area (Å²) in [5.41, 5.74) is 4.40. The van der Waals surface area contributed by atoms with Gasteiger partial charge in [-0.3, -0.25) is 9.59 Å². The minimum Gasteiger partial charge on any atom is -0.497 e. The number of hydrogen-bond donors (Lipinski definition) is 1. The number of aryl methyl sites for hydroxylation is 1. The standard InChI is InChI=1S/C31H35N5O4/c1-22-9-3-4-10-23(22)16-17-35(29(37)21-36-28-15-6-5-14-27(28)33-34-36)30(24-11-7-12-25(19-24)39-2)31(38)32-20-26-13-8-18-40-26/h3-7,9-12,14-15,19,26,30H,8,13,16-18,20-21H2,1-2H3,(H,32,38)/t26-,30-/m1/s1. The second-order valence-electron chi connectivity index (χ2n) is 10.1. The van der Waals surface area contributed by atoms with Crippen molar-refractivity contribution in [1.29, 1.82) is 0 Å². The average molecular weight is 542 g/mol. The number of carbonyl (C=O) groups is 2. The molecule has 40 heavy (non-hydrogen) atoms. The highest BCUT2D eigenvalue weighted by atomic mass is 16.5. The zero-order valence-corrected chi connectivity index (χ0v) is 23.0. The maximum atomic E-state index is 14.1. The third kappa shape index (κ3) is 6.31. The fraction of sp³-hybridized carbons (Fsp3) is 0.355. The van der Waals surface area contributed by atoms with Crippen molar-refractivity contribution in [3.05, 3.63) is 89.5 Å². The van der Waals surface area contributed by atoms with Crippen LogP contribution in [0.5, 0.6) is 5.75 Å². The number of hydrogen-bond acceptors (Lipinski definition) is 6. The van der Waals surface area contributed by atoms with Crippen molar-refractivity contribution in [1.82, 2.24) is 25.2 Å². The SMILES string of the molecule is COc1cccc([C@H](C(=O)NC[C@H]2CCCO2)N(CCc2ccccc2C)C(=O)Cn2nnc3ccccc32)c1. The van der Waals surface area contributed by atoms with Crippen LogP contribution in [0.15, 0.2) is 72.8 Å². The predicted molar refractivity (Wildman–Crippen MR) is 152 cm³/mol. The summed E-state index contributed by atoms with van der Waals surface area (Å²) in [6, 6.07) is 22.1. The summed E-state index contributed by atoms with van der Waals surface area (Å²) >= 11 is 0. The molecule has 0 unspecified atom stereocenters. The first-order chi connectivity index (χ1) is 19.5. The highest BCUT2D eigenvalue weighted by molar-refractivity contribution is 5.89. The van der Waals surface area contributed by atoms with E-state index in [0.717, 1.165) is 29.5 Å². The van der Waals surface area contributed by atoms with Crippen LogP contribution in [-0.4, -0.2) is 64.6 Å². The molecule has 2 atom stereocenters. The number of nitrogens with one attached hydrogen (secondary N) is 1. The molecule has 5 rings (SSSR count). The van der Waals surface area contributed by atoms with Gasteiger partial charge in [0.05, 0.1) is 18.7 Å². The van der Waals surface area contributed by atoms with Crippen molar-refractivity contribution in [2.45, 2.75) is 44.9 Å². The van der Waals surface area contributed by atoms with E-state index in [4.69, 9.17) is 9.47 Å². The fourth-order valence-corrected chi connectivity index (χ4v) is 5.18. The number of methoxy groups -OCH3 is 1. The Morgan fingerprint density at radius 3 is 2.75 bits per heavy atom. The summed E-state index contributed by atoms with van der Waals surface area (Å²) < 4.78 is 12.8. The Balaban J connectivity index is 1.49. The van der Waals surface area contributed by atoms with Crippen LogP contribution in [-0.2, 0) is 27.3 Å². The zero-order chi connectivity index (χ0) is 27.9. The Morgan fingerprint density at radius 1 is 1.12 bits per heavy atom. The molecule has 1 aliphatic heterocycles. The second kappa shape index (κ2) is 12.7. The lowest BCUT2D eigenvalue weighted by atomic mass is 10.0. The maximum absolute atomic E-state index is 14.1. The summed E-state index contributed by atoms with van der Waals surface area (Å²) in [5, 5.41) is 11.5. The minimum atomic E-state index is -0.872. The van der Waals surface area contributed by atoms with Crippen LogP contribution in [0.3, 0.4) is 0 Å². The minimum absolute atomic E-state index is 0.0208. The first-order valence-corrected chi connectivity index (χ1v) is 13.7. The number of rotatable bonds is 11. The molecule has 1 saturated heterocycles. The number of amides is 2. The molecule has 1 fully saturated rings. The Labute approximate surface area is 234 Å².